The van der Waals surface area contributed by atoms with E-state index in [-0.39, 0.29) is 11.5 Å². The second-order valence-corrected chi connectivity index (χ2v) is 4.07. The van der Waals surface area contributed by atoms with Crippen molar-refractivity contribution in [3.05, 3.63) is 32.6 Å². The molecule has 15 heavy (non-hydrogen) atoms. The molecule has 0 amide bonds. The molecule has 0 spiro atoms. The topological polar surface area (TPSA) is 82.8 Å². The van der Waals surface area contributed by atoms with Crippen LogP contribution in [0.2, 0.25) is 0 Å². The predicted molar refractivity (Wildman–Crippen MR) is 56.1 cm³/mol. The summed E-state index contributed by atoms with van der Waals surface area (Å²) in [5, 5.41) is 0. The van der Waals surface area contributed by atoms with Crippen molar-refractivity contribution in [1.82, 2.24) is 9.97 Å². The molecular weight excluding hydrogens is 196 g/mol. The zero-order chi connectivity index (χ0) is 11.6. The maximum absolute atomic E-state index is 11.9. The van der Waals surface area contributed by atoms with E-state index in [1.807, 2.05) is 11.9 Å². The fraction of sp³-hybridized carbons (Fsp3) is 0.500. The number of aromatic nitrogens is 2. The molecule has 1 aromatic heterocycles. The third-order valence-electron chi connectivity index (χ3n) is 2.50. The van der Waals surface area contributed by atoms with Crippen LogP contribution < -0.4 is 11.2 Å². The highest BCUT2D eigenvalue weighted by Crippen LogP contribution is 2.23. The van der Waals surface area contributed by atoms with Gasteiger partial charge in [0.1, 0.15) is 0 Å². The molecule has 0 bridgehead atoms. The van der Waals surface area contributed by atoms with Crippen LogP contribution in [0.25, 0.3) is 0 Å². The molecule has 0 aliphatic carbocycles. The number of Topliss-reactive ketones (excluding diaryl/α,β-unsaturated/α-hetero) is 1. The molecule has 0 aromatic carbocycles. The van der Waals surface area contributed by atoms with Crippen molar-refractivity contribution < 1.29 is 4.79 Å². The molecule has 0 radical (unpaired) electrons. The Labute approximate surface area is 86.5 Å². The van der Waals surface area contributed by atoms with Crippen molar-refractivity contribution >= 4 is 5.78 Å². The number of ketones is 1. The molecule has 5 nitrogen and oxygen atoms in total. The maximum Gasteiger partial charge on any atom is 0.326 e. The van der Waals surface area contributed by atoms with Gasteiger partial charge < -0.3 is 4.98 Å². The molecule has 1 rings (SSSR count). The van der Waals surface area contributed by atoms with E-state index in [2.05, 4.69) is 4.98 Å². The largest absolute Gasteiger partial charge is 0.326 e. The van der Waals surface area contributed by atoms with Crippen molar-refractivity contribution in [2.45, 2.75) is 27.2 Å². The highest BCUT2D eigenvalue weighted by molar-refractivity contribution is 5.98. The Balaban J connectivity index is 3.24. The average Bonchev–Trinajstić information content (AvgIpc) is 2.15. The second kappa shape index (κ2) is 3.84. The molecule has 1 aromatic rings. The van der Waals surface area contributed by atoms with E-state index >= 15 is 0 Å². The van der Waals surface area contributed by atoms with Crippen molar-refractivity contribution in [2.24, 2.45) is 5.41 Å². The summed E-state index contributed by atoms with van der Waals surface area (Å²) in [7, 11) is 0. The number of hydrogen-bond acceptors (Lipinski definition) is 3. The highest BCUT2D eigenvalue weighted by atomic mass is 16.2. The van der Waals surface area contributed by atoms with Crippen LogP contribution in [-0.2, 0) is 0 Å². The van der Waals surface area contributed by atoms with Crippen LogP contribution in [0.5, 0.6) is 0 Å². The first kappa shape index (κ1) is 11.4. The Morgan fingerprint density at radius 3 is 2.40 bits per heavy atom. The summed E-state index contributed by atoms with van der Waals surface area (Å²) in [6.07, 6.45) is 0.640. The van der Waals surface area contributed by atoms with Crippen molar-refractivity contribution in [1.29, 1.82) is 0 Å². The number of hydrogen-bond donors (Lipinski definition) is 2. The van der Waals surface area contributed by atoms with Gasteiger partial charge in [-0.25, -0.2) is 4.79 Å². The quantitative estimate of drug-likeness (QED) is 0.720. The van der Waals surface area contributed by atoms with Gasteiger partial charge >= 0.3 is 5.69 Å². The molecule has 82 valence electrons. The lowest BCUT2D eigenvalue weighted by molar-refractivity contribution is 0.0827. The van der Waals surface area contributed by atoms with E-state index in [4.69, 9.17) is 0 Å². The Morgan fingerprint density at radius 1 is 1.33 bits per heavy atom. The smallest absolute Gasteiger partial charge is 0.304 e. The van der Waals surface area contributed by atoms with E-state index in [9.17, 15) is 14.4 Å². The van der Waals surface area contributed by atoms with Crippen molar-refractivity contribution in [3.8, 4) is 0 Å². The van der Waals surface area contributed by atoms with Crippen LogP contribution >= 0.6 is 0 Å². The minimum atomic E-state index is -0.655. The zero-order valence-electron chi connectivity index (χ0n) is 9.01. The van der Waals surface area contributed by atoms with Crippen LogP contribution in [0.3, 0.4) is 0 Å². The minimum Gasteiger partial charge on any atom is -0.304 e. The van der Waals surface area contributed by atoms with Gasteiger partial charge in [-0.05, 0) is 6.42 Å². The Morgan fingerprint density at radius 2 is 1.93 bits per heavy atom. The van der Waals surface area contributed by atoms with Gasteiger partial charge in [0.15, 0.2) is 5.78 Å². The third-order valence-corrected chi connectivity index (χ3v) is 2.50. The molecule has 0 unspecified atom stereocenters. The predicted octanol–water partition coefficient (Wildman–Crippen LogP) is 0.682. The molecule has 0 aliphatic rings. The number of nitrogens with one attached hydrogen (secondary N) is 2. The van der Waals surface area contributed by atoms with Gasteiger partial charge in [0, 0.05) is 11.5 Å². The monoisotopic (exact) mass is 210 g/mol. The molecule has 0 saturated carbocycles. The van der Waals surface area contributed by atoms with E-state index in [1.54, 1.807) is 13.8 Å². The number of H-pyrrole nitrogens is 2. The summed E-state index contributed by atoms with van der Waals surface area (Å²) in [5.41, 5.74) is -1.72. The molecule has 0 saturated heterocycles. The van der Waals surface area contributed by atoms with Gasteiger partial charge in [-0.3, -0.25) is 14.6 Å². The number of carbonyl (C=O) groups excluding carboxylic acids is 1. The van der Waals surface area contributed by atoms with Crippen LogP contribution in [-0.4, -0.2) is 15.8 Å². The Hall–Kier alpha value is -1.65. The van der Waals surface area contributed by atoms with E-state index in [0.717, 1.165) is 6.07 Å². The fourth-order valence-corrected chi connectivity index (χ4v) is 1.12. The number of aromatic amines is 2. The fourth-order valence-electron chi connectivity index (χ4n) is 1.12. The van der Waals surface area contributed by atoms with E-state index in [1.165, 1.54) is 0 Å². The SMILES string of the molecule is CCC(C)(C)C(=O)c1cc(=O)[nH]c(=O)[nH]1. The van der Waals surface area contributed by atoms with E-state index in [0.29, 0.717) is 6.42 Å². The van der Waals surface area contributed by atoms with Gasteiger partial charge in [-0.2, -0.15) is 0 Å². The lowest BCUT2D eigenvalue weighted by Crippen LogP contribution is -2.30. The first-order valence-corrected chi connectivity index (χ1v) is 4.75. The van der Waals surface area contributed by atoms with Crippen LogP contribution in [0, 0.1) is 5.41 Å². The molecule has 0 atom stereocenters. The minimum absolute atomic E-state index is 0.0654. The highest BCUT2D eigenvalue weighted by Gasteiger charge is 2.27. The summed E-state index contributed by atoms with van der Waals surface area (Å²) in [6.45, 7) is 5.42. The van der Waals surface area contributed by atoms with Gasteiger partial charge in [0.05, 0.1) is 5.69 Å². The standard InChI is InChI=1S/C10H14N2O3/c1-4-10(2,3)8(14)6-5-7(13)12-9(15)11-6/h5H,4H2,1-3H3,(H2,11,12,13,15). The normalized spacial score (nSPS) is 11.4. The molecule has 5 heteroatoms. The number of carbonyl (C=O) groups is 1. The second-order valence-electron chi connectivity index (χ2n) is 4.07. The van der Waals surface area contributed by atoms with Crippen molar-refractivity contribution in [3.63, 3.8) is 0 Å². The molecule has 2 N–H and O–H groups in total. The average molecular weight is 210 g/mol. The first-order chi connectivity index (χ1) is 6.86. The van der Waals surface area contributed by atoms with Gasteiger partial charge in [-0.1, -0.05) is 20.8 Å². The third kappa shape index (κ3) is 2.43. The maximum atomic E-state index is 11.9. The van der Waals surface area contributed by atoms with Gasteiger partial charge in [-0.15, -0.1) is 0 Å². The lowest BCUT2D eigenvalue weighted by atomic mass is 9.84. The number of rotatable bonds is 3. The summed E-state index contributed by atoms with van der Waals surface area (Å²) in [4.78, 5) is 38.2. The summed E-state index contributed by atoms with van der Waals surface area (Å²) in [5.74, 6) is -0.229. The van der Waals surface area contributed by atoms with Crippen LogP contribution in [0.1, 0.15) is 37.7 Å². The Kier molecular flexibility index (Phi) is 2.93. The van der Waals surface area contributed by atoms with Gasteiger partial charge in [0.2, 0.25) is 0 Å². The first-order valence-electron chi connectivity index (χ1n) is 4.75. The molecule has 0 fully saturated rings. The Bertz CT molecular complexity index is 454. The summed E-state index contributed by atoms with van der Waals surface area (Å²) < 4.78 is 0. The van der Waals surface area contributed by atoms with E-state index < -0.39 is 16.7 Å². The van der Waals surface area contributed by atoms with Crippen molar-refractivity contribution in [2.75, 3.05) is 0 Å². The lowest BCUT2D eigenvalue weighted by Gasteiger charge is -2.19. The summed E-state index contributed by atoms with van der Waals surface area (Å²) >= 11 is 0. The molecule has 0 aliphatic heterocycles. The summed E-state index contributed by atoms with van der Waals surface area (Å²) in [6, 6.07) is 1.11. The molecule has 1 heterocycles. The zero-order valence-corrected chi connectivity index (χ0v) is 9.01. The van der Waals surface area contributed by atoms with Crippen LogP contribution in [0.4, 0.5) is 0 Å². The van der Waals surface area contributed by atoms with Gasteiger partial charge in [0.25, 0.3) is 5.56 Å². The van der Waals surface area contributed by atoms with Crippen LogP contribution in [0.15, 0.2) is 15.7 Å². The molecular formula is C10H14N2O3.